The number of hydrogen-bond acceptors (Lipinski definition) is 2. The first-order valence-electron chi connectivity index (χ1n) is 3.55. The minimum absolute atomic E-state index is 0.175. The predicted molar refractivity (Wildman–Crippen MR) is 55.1 cm³/mol. The average Bonchev–Trinajstić information content (AvgIpc) is 2.03. The molecule has 0 aliphatic carbocycles. The van der Waals surface area contributed by atoms with Crippen molar-refractivity contribution in [2.45, 2.75) is 6.04 Å². The molecular weight excluding hydrogens is 239 g/mol. The minimum Gasteiger partial charge on any atom is -0.329 e. The second kappa shape index (κ2) is 4.23. The fourth-order valence-electron chi connectivity index (χ4n) is 0.929. The van der Waals surface area contributed by atoms with Crippen LogP contribution < -0.4 is 11.5 Å². The lowest BCUT2D eigenvalue weighted by Crippen LogP contribution is -2.20. The fourth-order valence-corrected chi connectivity index (χ4v) is 1.74. The van der Waals surface area contributed by atoms with Crippen molar-refractivity contribution in [1.29, 1.82) is 0 Å². The van der Waals surface area contributed by atoms with Crippen molar-refractivity contribution in [2.24, 2.45) is 11.5 Å². The topological polar surface area (TPSA) is 52.0 Å². The highest BCUT2D eigenvalue weighted by molar-refractivity contribution is 9.10. The first kappa shape index (κ1) is 9.99. The number of hydrogen-bond donors (Lipinski definition) is 2. The van der Waals surface area contributed by atoms with Gasteiger partial charge in [0.1, 0.15) is 0 Å². The number of halogens is 2. The Kier molecular flexibility index (Phi) is 3.53. The molecule has 0 heterocycles. The van der Waals surface area contributed by atoms with E-state index < -0.39 is 0 Å². The summed E-state index contributed by atoms with van der Waals surface area (Å²) in [7, 11) is 0. The summed E-state index contributed by atoms with van der Waals surface area (Å²) in [4.78, 5) is 0. The van der Waals surface area contributed by atoms with E-state index in [1.165, 1.54) is 0 Å². The van der Waals surface area contributed by atoms with Crippen LogP contribution in [0.5, 0.6) is 0 Å². The summed E-state index contributed by atoms with van der Waals surface area (Å²) in [6.45, 7) is 0.404. The number of benzene rings is 1. The number of nitrogens with two attached hydrogens (primary N) is 2. The molecule has 4 heteroatoms. The minimum atomic E-state index is -0.175. The standard InChI is InChI=1S/C8H10BrClN2/c9-5-1-2-6(7(10)3-5)8(12)4-11/h1-3,8H,4,11-12H2. The Balaban J connectivity index is 3.01. The maximum absolute atomic E-state index is 5.94. The molecule has 1 aromatic carbocycles. The van der Waals surface area contributed by atoms with Crippen LogP contribution in [0.4, 0.5) is 0 Å². The van der Waals surface area contributed by atoms with Crippen LogP contribution in [0, 0.1) is 0 Å². The Labute approximate surface area is 85.0 Å². The molecule has 1 aromatic rings. The Bertz CT molecular complexity index is 278. The van der Waals surface area contributed by atoms with E-state index >= 15 is 0 Å². The molecule has 0 aliphatic heterocycles. The van der Waals surface area contributed by atoms with Gasteiger partial charge in [0.2, 0.25) is 0 Å². The van der Waals surface area contributed by atoms with Gasteiger partial charge in [0.15, 0.2) is 0 Å². The van der Waals surface area contributed by atoms with E-state index in [1.807, 2.05) is 18.2 Å². The van der Waals surface area contributed by atoms with Gasteiger partial charge in [-0.15, -0.1) is 0 Å². The summed E-state index contributed by atoms with van der Waals surface area (Å²) in [6.07, 6.45) is 0. The summed E-state index contributed by atoms with van der Waals surface area (Å²) >= 11 is 9.25. The summed E-state index contributed by atoms with van der Waals surface area (Å²) in [5.74, 6) is 0. The normalized spacial score (nSPS) is 13.0. The molecule has 0 saturated heterocycles. The molecule has 0 saturated carbocycles. The Morgan fingerprint density at radius 1 is 1.50 bits per heavy atom. The highest BCUT2D eigenvalue weighted by Gasteiger charge is 2.07. The van der Waals surface area contributed by atoms with Gasteiger partial charge in [-0.2, -0.15) is 0 Å². The van der Waals surface area contributed by atoms with Crippen molar-refractivity contribution in [3.8, 4) is 0 Å². The van der Waals surface area contributed by atoms with Gasteiger partial charge in [-0.1, -0.05) is 33.6 Å². The third-order valence-corrected chi connectivity index (χ3v) is 2.44. The van der Waals surface area contributed by atoms with Crippen LogP contribution >= 0.6 is 27.5 Å². The van der Waals surface area contributed by atoms with Crippen molar-refractivity contribution < 1.29 is 0 Å². The molecular formula is C8H10BrClN2. The quantitative estimate of drug-likeness (QED) is 0.843. The molecule has 0 aliphatic rings. The van der Waals surface area contributed by atoms with Gasteiger partial charge in [0.25, 0.3) is 0 Å². The fraction of sp³-hybridized carbons (Fsp3) is 0.250. The van der Waals surface area contributed by atoms with Crippen molar-refractivity contribution in [3.63, 3.8) is 0 Å². The molecule has 66 valence electrons. The zero-order valence-corrected chi connectivity index (χ0v) is 8.77. The van der Waals surface area contributed by atoms with E-state index in [2.05, 4.69) is 15.9 Å². The van der Waals surface area contributed by atoms with Crippen LogP contribution in [0.3, 0.4) is 0 Å². The average molecular weight is 250 g/mol. The summed E-state index contributed by atoms with van der Waals surface area (Å²) < 4.78 is 0.945. The zero-order valence-electron chi connectivity index (χ0n) is 6.43. The van der Waals surface area contributed by atoms with E-state index in [1.54, 1.807) is 0 Å². The van der Waals surface area contributed by atoms with E-state index in [4.69, 9.17) is 23.1 Å². The first-order valence-corrected chi connectivity index (χ1v) is 4.73. The molecule has 0 radical (unpaired) electrons. The van der Waals surface area contributed by atoms with Crippen molar-refractivity contribution in [3.05, 3.63) is 33.3 Å². The van der Waals surface area contributed by atoms with Gasteiger partial charge < -0.3 is 11.5 Å². The van der Waals surface area contributed by atoms with E-state index in [0.717, 1.165) is 10.0 Å². The Morgan fingerprint density at radius 3 is 2.67 bits per heavy atom. The molecule has 1 atom stereocenters. The van der Waals surface area contributed by atoms with Crippen molar-refractivity contribution in [2.75, 3.05) is 6.54 Å². The van der Waals surface area contributed by atoms with Crippen LogP contribution in [-0.2, 0) is 0 Å². The van der Waals surface area contributed by atoms with Crippen LogP contribution in [-0.4, -0.2) is 6.54 Å². The van der Waals surface area contributed by atoms with Crippen LogP contribution in [0.15, 0.2) is 22.7 Å². The van der Waals surface area contributed by atoms with E-state index in [9.17, 15) is 0 Å². The smallest absolute Gasteiger partial charge is 0.0465 e. The largest absolute Gasteiger partial charge is 0.329 e. The highest BCUT2D eigenvalue weighted by Crippen LogP contribution is 2.24. The molecule has 1 unspecified atom stereocenters. The van der Waals surface area contributed by atoms with Gasteiger partial charge in [0, 0.05) is 22.1 Å². The van der Waals surface area contributed by atoms with Gasteiger partial charge in [0.05, 0.1) is 0 Å². The third-order valence-electron chi connectivity index (χ3n) is 1.62. The number of rotatable bonds is 2. The first-order chi connectivity index (χ1) is 5.65. The van der Waals surface area contributed by atoms with Gasteiger partial charge in [-0.05, 0) is 17.7 Å². The molecule has 0 spiro atoms. The summed E-state index contributed by atoms with van der Waals surface area (Å²) in [5, 5.41) is 0.655. The zero-order chi connectivity index (χ0) is 9.14. The summed E-state index contributed by atoms with van der Waals surface area (Å²) in [6, 6.07) is 5.41. The van der Waals surface area contributed by atoms with Crippen molar-refractivity contribution in [1.82, 2.24) is 0 Å². The van der Waals surface area contributed by atoms with Crippen LogP contribution in [0.2, 0.25) is 5.02 Å². The van der Waals surface area contributed by atoms with E-state index in [0.29, 0.717) is 11.6 Å². The SMILES string of the molecule is NCC(N)c1ccc(Br)cc1Cl. The monoisotopic (exact) mass is 248 g/mol. The van der Waals surface area contributed by atoms with Gasteiger partial charge in [-0.25, -0.2) is 0 Å². The lowest BCUT2D eigenvalue weighted by Gasteiger charge is -2.10. The molecule has 0 fully saturated rings. The molecule has 0 bridgehead atoms. The molecule has 12 heavy (non-hydrogen) atoms. The summed E-state index contributed by atoms with van der Waals surface area (Å²) in [5.41, 5.74) is 12.0. The third kappa shape index (κ3) is 2.20. The predicted octanol–water partition coefficient (Wildman–Crippen LogP) is 2.06. The molecule has 2 nitrogen and oxygen atoms in total. The Hall–Kier alpha value is -0.0900. The van der Waals surface area contributed by atoms with Crippen molar-refractivity contribution >= 4 is 27.5 Å². The van der Waals surface area contributed by atoms with Gasteiger partial charge in [-0.3, -0.25) is 0 Å². The molecule has 0 amide bonds. The van der Waals surface area contributed by atoms with E-state index in [-0.39, 0.29) is 6.04 Å². The van der Waals surface area contributed by atoms with Crippen LogP contribution in [0.25, 0.3) is 0 Å². The highest BCUT2D eigenvalue weighted by atomic mass is 79.9. The second-order valence-electron chi connectivity index (χ2n) is 2.51. The second-order valence-corrected chi connectivity index (χ2v) is 3.83. The maximum atomic E-state index is 5.94. The Morgan fingerprint density at radius 2 is 2.17 bits per heavy atom. The lowest BCUT2D eigenvalue weighted by molar-refractivity contribution is 0.737. The maximum Gasteiger partial charge on any atom is 0.0465 e. The molecule has 4 N–H and O–H groups in total. The molecule has 1 rings (SSSR count). The molecule has 0 aromatic heterocycles. The van der Waals surface area contributed by atoms with Crippen LogP contribution in [0.1, 0.15) is 11.6 Å². The lowest BCUT2D eigenvalue weighted by atomic mass is 10.1. The van der Waals surface area contributed by atoms with Gasteiger partial charge >= 0.3 is 0 Å².